The van der Waals surface area contributed by atoms with Crippen molar-refractivity contribution in [3.63, 3.8) is 0 Å². The third-order valence-corrected chi connectivity index (χ3v) is 5.94. The summed E-state index contributed by atoms with van der Waals surface area (Å²) < 4.78 is 9.51. The largest absolute Gasteiger partial charge is 0.339 e. The number of halogens is 3. The summed E-state index contributed by atoms with van der Waals surface area (Å²) in [5.41, 5.74) is 4.62. The quantitative estimate of drug-likeness (QED) is 0.426. The lowest BCUT2D eigenvalue weighted by molar-refractivity contribution is -0.117. The number of hydrogen-bond acceptors (Lipinski definition) is 4. The van der Waals surface area contributed by atoms with E-state index in [4.69, 9.17) is 4.98 Å². The number of fused-ring (bicyclic) bond motifs is 1. The summed E-state index contributed by atoms with van der Waals surface area (Å²) in [6.07, 6.45) is 5.71. The normalized spacial score (nSPS) is 17.1. The summed E-state index contributed by atoms with van der Waals surface area (Å²) in [5.74, 6) is 0.848. The van der Waals surface area contributed by atoms with Crippen LogP contribution in [0.25, 0.3) is 10.6 Å². The minimum atomic E-state index is -3.22. The van der Waals surface area contributed by atoms with E-state index in [0.29, 0.717) is 12.3 Å². The van der Waals surface area contributed by atoms with Crippen molar-refractivity contribution in [3.05, 3.63) is 34.8 Å². The number of benzene rings is 1. The molecule has 0 unspecified atom stereocenters. The van der Waals surface area contributed by atoms with Crippen molar-refractivity contribution >= 4 is 61.9 Å². The number of nitrogens with zero attached hydrogens (tertiary/aromatic N) is 2. The topological polar surface area (TPSA) is 50.3 Å². The van der Waals surface area contributed by atoms with Crippen molar-refractivity contribution in [1.82, 2.24) is 4.98 Å². The Morgan fingerprint density at radius 3 is 2.46 bits per heavy atom. The molecule has 9 heteroatoms. The molecule has 2 aliphatic rings. The van der Waals surface area contributed by atoms with Gasteiger partial charge in [0.1, 0.15) is 5.01 Å². The van der Waals surface area contributed by atoms with E-state index in [1.807, 2.05) is 4.90 Å². The van der Waals surface area contributed by atoms with Gasteiger partial charge in [-0.25, -0.2) is 4.98 Å². The highest BCUT2D eigenvalue weighted by Crippen LogP contribution is 2.61. The number of thiazole rings is 1. The van der Waals surface area contributed by atoms with Crippen molar-refractivity contribution in [2.24, 2.45) is 0 Å². The van der Waals surface area contributed by atoms with E-state index < -0.39 is 5.20 Å². The molecule has 0 bridgehead atoms. The molecule has 1 aromatic carbocycles. The lowest BCUT2D eigenvalue weighted by atomic mass is 10.0. The van der Waals surface area contributed by atoms with Crippen LogP contribution >= 0.6 is 50.3 Å². The summed E-state index contributed by atoms with van der Waals surface area (Å²) in [6.45, 7) is 4.14. The zero-order chi connectivity index (χ0) is 20.5. The number of carbonyl (C=O) groups excluding carboxylic acids is 1. The van der Waals surface area contributed by atoms with Gasteiger partial charge in [-0.15, -0.1) is 11.3 Å². The van der Waals surface area contributed by atoms with E-state index in [1.165, 1.54) is 31.4 Å². The predicted octanol–water partition coefficient (Wildman–Crippen LogP) is 7.58. The predicted molar refractivity (Wildman–Crippen MR) is 120 cm³/mol. The summed E-state index contributed by atoms with van der Waals surface area (Å²) in [5, 5.41) is 0.0731. The number of amides is 1. The first kappa shape index (κ1) is 22.1. The molecule has 1 aromatic heterocycles. The lowest BCUT2D eigenvalue weighted by Crippen LogP contribution is -2.33. The first-order chi connectivity index (χ1) is 13.1. The Balaban J connectivity index is 0.000000403. The molecule has 0 atom stereocenters. The standard InChI is InChI=1S/C19H22N2OS.Cl3OP/c1-12(2)21-17-9-5-8-14(15(17)10-18(21)22)19-20-16(11-23-19)13-6-3-4-7-13;1-5(2,3)4/h5,8-9,11-13H,3-4,6-7,10H2,1-2H3;. The molecule has 0 radical (unpaired) electrons. The average Bonchev–Trinajstić information content (AvgIpc) is 3.31. The van der Waals surface area contributed by atoms with Gasteiger partial charge in [0, 0.05) is 28.6 Å². The summed E-state index contributed by atoms with van der Waals surface area (Å²) >= 11 is 15.6. The molecule has 4 rings (SSSR count). The van der Waals surface area contributed by atoms with Gasteiger partial charge in [0.2, 0.25) is 5.91 Å². The third kappa shape index (κ3) is 5.31. The number of hydrogen-bond donors (Lipinski definition) is 0. The molecule has 1 fully saturated rings. The van der Waals surface area contributed by atoms with E-state index >= 15 is 0 Å². The van der Waals surface area contributed by atoms with Crippen LogP contribution in [0.4, 0.5) is 5.69 Å². The fraction of sp³-hybridized carbons (Fsp3) is 0.474. The zero-order valence-electron chi connectivity index (χ0n) is 15.7. The summed E-state index contributed by atoms with van der Waals surface area (Å²) in [4.78, 5) is 19.2. The number of aromatic nitrogens is 1. The minimum absolute atomic E-state index is 0.198. The summed E-state index contributed by atoms with van der Waals surface area (Å²) in [7, 11) is 0. The van der Waals surface area contributed by atoms with Gasteiger partial charge in [0.05, 0.1) is 12.1 Å². The van der Waals surface area contributed by atoms with Crippen LogP contribution in [0.1, 0.15) is 56.7 Å². The van der Waals surface area contributed by atoms with E-state index in [2.05, 4.69) is 71.1 Å². The maximum Gasteiger partial charge on any atom is 0.339 e. The Labute approximate surface area is 183 Å². The number of carbonyl (C=O) groups is 1. The first-order valence-corrected chi connectivity index (χ1v) is 14.5. The van der Waals surface area contributed by atoms with Gasteiger partial charge in [0.15, 0.2) is 0 Å². The molecule has 0 saturated heterocycles. The van der Waals surface area contributed by atoms with E-state index in [0.717, 1.165) is 21.8 Å². The fourth-order valence-electron chi connectivity index (χ4n) is 3.94. The van der Waals surface area contributed by atoms with Crippen molar-refractivity contribution in [2.45, 2.75) is 57.9 Å². The third-order valence-electron chi connectivity index (χ3n) is 5.05. The molecule has 2 heterocycles. The minimum Gasteiger partial charge on any atom is -0.309 e. The van der Waals surface area contributed by atoms with Crippen LogP contribution in [-0.4, -0.2) is 16.9 Å². The number of anilines is 1. The molecule has 1 saturated carbocycles. The monoisotopic (exact) mass is 478 g/mol. The second-order valence-electron chi connectivity index (χ2n) is 7.30. The SMILES string of the molecule is CC(C)N1C(=O)Cc2c(-c3nc(C4CCCC4)cs3)cccc21.O=P(Cl)(Cl)Cl. The Morgan fingerprint density at radius 2 is 1.86 bits per heavy atom. The zero-order valence-corrected chi connectivity index (χ0v) is 19.7. The van der Waals surface area contributed by atoms with Crippen LogP contribution in [0.15, 0.2) is 23.6 Å². The molecule has 1 amide bonds. The molecule has 2 aromatic rings. The molecule has 28 heavy (non-hydrogen) atoms. The van der Waals surface area contributed by atoms with Gasteiger partial charge in [-0.05, 0) is 72.0 Å². The Kier molecular flexibility index (Phi) is 7.15. The maximum atomic E-state index is 12.4. The van der Waals surface area contributed by atoms with Gasteiger partial charge in [-0.1, -0.05) is 25.0 Å². The smallest absolute Gasteiger partial charge is 0.309 e. The van der Waals surface area contributed by atoms with E-state index in [-0.39, 0.29) is 11.9 Å². The highest BCUT2D eigenvalue weighted by Gasteiger charge is 2.32. The van der Waals surface area contributed by atoms with Gasteiger partial charge in [0.25, 0.3) is 0 Å². The van der Waals surface area contributed by atoms with Crippen molar-refractivity contribution in [3.8, 4) is 10.6 Å². The van der Waals surface area contributed by atoms with Crippen LogP contribution in [0.5, 0.6) is 0 Å². The lowest BCUT2D eigenvalue weighted by Gasteiger charge is -2.22. The van der Waals surface area contributed by atoms with Crippen LogP contribution in [0.2, 0.25) is 0 Å². The van der Waals surface area contributed by atoms with Crippen molar-refractivity contribution < 1.29 is 9.36 Å². The molecule has 0 spiro atoms. The highest BCUT2D eigenvalue weighted by molar-refractivity contribution is 8.24. The Bertz CT molecular complexity index is 898. The van der Waals surface area contributed by atoms with Gasteiger partial charge in [-0.3, -0.25) is 9.36 Å². The second-order valence-corrected chi connectivity index (χ2v) is 14.8. The van der Waals surface area contributed by atoms with Crippen LogP contribution in [0.3, 0.4) is 0 Å². The molecular weight excluding hydrogens is 458 g/mol. The van der Waals surface area contributed by atoms with Gasteiger partial charge in [-0.2, -0.15) is 0 Å². The molecule has 1 aliphatic carbocycles. The molecule has 4 nitrogen and oxygen atoms in total. The first-order valence-electron chi connectivity index (χ1n) is 9.24. The van der Waals surface area contributed by atoms with E-state index in [9.17, 15) is 9.36 Å². The van der Waals surface area contributed by atoms with E-state index in [1.54, 1.807) is 11.3 Å². The maximum absolute atomic E-state index is 12.4. The van der Waals surface area contributed by atoms with Crippen LogP contribution < -0.4 is 4.90 Å². The van der Waals surface area contributed by atoms with Crippen LogP contribution in [0, 0.1) is 0 Å². The van der Waals surface area contributed by atoms with Crippen molar-refractivity contribution in [1.29, 1.82) is 0 Å². The molecular formula is C19H22Cl3N2O2PS. The molecule has 0 N–H and O–H groups in total. The van der Waals surface area contributed by atoms with Gasteiger partial charge < -0.3 is 4.90 Å². The van der Waals surface area contributed by atoms with Crippen LogP contribution in [-0.2, 0) is 15.8 Å². The highest BCUT2D eigenvalue weighted by atomic mass is 36.0. The summed E-state index contributed by atoms with van der Waals surface area (Å²) in [6, 6.07) is 6.44. The fourth-order valence-corrected chi connectivity index (χ4v) is 4.90. The Morgan fingerprint density at radius 1 is 1.21 bits per heavy atom. The number of rotatable bonds is 3. The second kappa shape index (κ2) is 9.06. The average molecular weight is 480 g/mol. The van der Waals surface area contributed by atoms with Gasteiger partial charge >= 0.3 is 5.20 Å². The van der Waals surface area contributed by atoms with Crippen molar-refractivity contribution in [2.75, 3.05) is 4.90 Å². The molecule has 152 valence electrons. The Hall–Kier alpha value is -0.580. The molecule has 1 aliphatic heterocycles.